The predicted octanol–water partition coefficient (Wildman–Crippen LogP) is 5.98. The van der Waals surface area contributed by atoms with Gasteiger partial charge in [-0.1, -0.05) is 60.4 Å². The van der Waals surface area contributed by atoms with Crippen LogP contribution in [0.15, 0.2) is 24.3 Å². The molecular weight excluding hydrogens is 526 g/mol. The van der Waals surface area contributed by atoms with Crippen LogP contribution in [0.5, 0.6) is 0 Å². The maximum absolute atomic E-state index is 11.9. The van der Waals surface area contributed by atoms with E-state index in [-0.39, 0.29) is 25.4 Å². The first-order valence-corrected chi connectivity index (χ1v) is 13.2. The van der Waals surface area contributed by atoms with Crippen molar-refractivity contribution in [2.24, 2.45) is 0 Å². The van der Waals surface area contributed by atoms with E-state index in [0.717, 1.165) is 81.7 Å². The fraction of sp³-hybridized carbons (Fsp3) is 0.387. The number of aryl methyl sites for hydroxylation is 6. The summed E-state index contributed by atoms with van der Waals surface area (Å²) in [6.45, 7) is 10.7. The zero-order valence-electron chi connectivity index (χ0n) is 23.4. The third kappa shape index (κ3) is 5.13. The average Bonchev–Trinajstić information content (AvgIpc) is 3.60. The zero-order chi connectivity index (χ0) is 26.3. The first kappa shape index (κ1) is 28.0. The monoisotopic (exact) mass is 558 g/mol. The van der Waals surface area contributed by atoms with Crippen LogP contribution in [-0.4, -0.2) is 23.0 Å². The molecule has 0 radical (unpaired) electrons. The number of allylic oxidation sites excluding steroid dienone is 2. The van der Waals surface area contributed by atoms with Crippen molar-refractivity contribution in [2.45, 2.75) is 73.1 Å². The third-order valence-electron chi connectivity index (χ3n) is 7.75. The van der Waals surface area contributed by atoms with E-state index < -0.39 is 0 Å². The Balaban J connectivity index is 0.00000336. The van der Waals surface area contributed by atoms with Crippen LogP contribution in [0.25, 0.3) is 33.2 Å². The molecule has 0 amide bonds. The minimum absolute atomic E-state index is 0. The van der Waals surface area contributed by atoms with Gasteiger partial charge in [-0.2, -0.15) is 0 Å². The van der Waals surface area contributed by atoms with Crippen molar-refractivity contribution in [1.82, 2.24) is 19.9 Å². The van der Waals surface area contributed by atoms with Gasteiger partial charge in [0.15, 0.2) is 0 Å². The smallest absolute Gasteiger partial charge is 0.657 e. The second-order valence-electron chi connectivity index (χ2n) is 9.91. The predicted molar refractivity (Wildman–Crippen MR) is 148 cm³/mol. The summed E-state index contributed by atoms with van der Waals surface area (Å²) in [5.74, 6) is -0.219. The van der Waals surface area contributed by atoms with Crippen molar-refractivity contribution in [3.05, 3.63) is 69.3 Å². The number of nitrogens with zero attached hydrogens (tertiary/aromatic N) is 4. The fourth-order valence-electron chi connectivity index (χ4n) is 5.54. The SMILES string of the molecule is CCC1=C(C)c2cc3[n-]c(cc4nc(cc5[n-]c(cc1n2)c(CC)c5C)CC4)c(CCC(=O)OC)c3C.[Zn+2]. The molecular formula is C31H34N4O2Zn. The molecule has 38 heavy (non-hydrogen) atoms. The molecule has 0 N–H and O–H groups in total. The first-order valence-electron chi connectivity index (χ1n) is 13.2. The van der Waals surface area contributed by atoms with E-state index in [0.29, 0.717) is 12.8 Å². The summed E-state index contributed by atoms with van der Waals surface area (Å²) in [6.07, 6.45) is 4.44. The number of esters is 1. The van der Waals surface area contributed by atoms with Crippen molar-refractivity contribution in [1.29, 1.82) is 0 Å². The molecule has 8 bridgehead atoms. The van der Waals surface area contributed by atoms with Gasteiger partial charge in [-0.3, -0.25) is 9.78 Å². The number of hydrogen-bond donors (Lipinski definition) is 0. The average molecular weight is 560 g/mol. The number of hydrogen-bond acceptors (Lipinski definition) is 4. The summed E-state index contributed by atoms with van der Waals surface area (Å²) in [4.78, 5) is 32.0. The molecule has 0 saturated heterocycles. The standard InChI is InChI=1S/C31H34N4O2.Zn/c1-7-22-17(3)25-13-20-9-10-21(32-20)14-28-24(11-12-31(36)37-6)19(5)27(34-28)15-26-18(4)23(8-2)30(35-26)16-29(22)33-25;/h13-16H,7-12H2,1-6H3;/q-2;+2. The molecule has 0 unspecified atom stereocenters. The number of fused-ring (bicyclic) bond motifs is 8. The second kappa shape index (κ2) is 11.4. The van der Waals surface area contributed by atoms with Crippen LogP contribution in [0.1, 0.15) is 78.6 Å². The molecule has 6 nitrogen and oxygen atoms in total. The molecule has 7 heteroatoms. The largest absolute Gasteiger partial charge is 2.00 e. The summed E-state index contributed by atoms with van der Waals surface area (Å²) in [5.41, 5.74) is 14.8. The number of methoxy groups -OCH3 is 1. The van der Waals surface area contributed by atoms with Crippen molar-refractivity contribution >= 4 is 39.2 Å². The van der Waals surface area contributed by atoms with Gasteiger partial charge in [-0.25, -0.2) is 4.98 Å². The van der Waals surface area contributed by atoms with Crippen molar-refractivity contribution in [3.8, 4) is 0 Å². The second-order valence-corrected chi connectivity index (χ2v) is 9.91. The summed E-state index contributed by atoms with van der Waals surface area (Å²) in [7, 11) is 1.43. The van der Waals surface area contributed by atoms with Crippen LogP contribution < -0.4 is 9.97 Å². The molecule has 0 saturated carbocycles. The Morgan fingerprint density at radius 1 is 0.816 bits per heavy atom. The van der Waals surface area contributed by atoms with Gasteiger partial charge in [0.1, 0.15) is 0 Å². The summed E-state index contributed by atoms with van der Waals surface area (Å²) in [6, 6.07) is 8.46. The van der Waals surface area contributed by atoms with E-state index in [4.69, 9.17) is 24.7 Å². The minimum atomic E-state index is -0.219. The molecule has 0 aromatic carbocycles. The molecule has 2 aliphatic rings. The van der Waals surface area contributed by atoms with E-state index in [1.165, 1.54) is 29.4 Å². The first-order chi connectivity index (χ1) is 17.8. The molecule has 3 aromatic heterocycles. The fourth-order valence-corrected chi connectivity index (χ4v) is 5.54. The van der Waals surface area contributed by atoms with Gasteiger partial charge in [-0.05, 0) is 64.0 Å². The van der Waals surface area contributed by atoms with Gasteiger partial charge < -0.3 is 14.7 Å². The molecule has 192 valence electrons. The molecule has 0 atom stereocenters. The van der Waals surface area contributed by atoms with Crippen LogP contribution in [0.4, 0.5) is 0 Å². The van der Waals surface area contributed by atoms with Gasteiger partial charge in [0.2, 0.25) is 0 Å². The van der Waals surface area contributed by atoms with Gasteiger partial charge in [-0.15, -0.1) is 22.1 Å². The quantitative estimate of drug-likeness (QED) is 0.282. The Hall–Kier alpha value is -3.05. The normalized spacial score (nSPS) is 13.0. The van der Waals surface area contributed by atoms with Gasteiger partial charge in [0.25, 0.3) is 0 Å². The van der Waals surface area contributed by atoms with Gasteiger partial charge in [0.05, 0.1) is 18.5 Å². The van der Waals surface area contributed by atoms with Crippen molar-refractivity contribution in [3.63, 3.8) is 0 Å². The molecule has 5 heterocycles. The Kier molecular flexibility index (Phi) is 8.37. The van der Waals surface area contributed by atoms with Crippen LogP contribution >= 0.6 is 0 Å². The Morgan fingerprint density at radius 2 is 1.39 bits per heavy atom. The third-order valence-corrected chi connectivity index (χ3v) is 7.75. The number of carbonyl (C=O) groups excluding carboxylic acids is 1. The van der Waals surface area contributed by atoms with E-state index >= 15 is 0 Å². The van der Waals surface area contributed by atoms with E-state index in [1.54, 1.807) is 0 Å². The summed E-state index contributed by atoms with van der Waals surface area (Å²) < 4.78 is 4.90. The maximum Gasteiger partial charge on any atom is 2.00 e. The Morgan fingerprint density at radius 3 is 2.03 bits per heavy atom. The molecule has 0 spiro atoms. The van der Waals surface area contributed by atoms with Gasteiger partial charge >= 0.3 is 25.4 Å². The van der Waals surface area contributed by atoms with Crippen LogP contribution in [0, 0.1) is 13.8 Å². The molecule has 3 aromatic rings. The summed E-state index contributed by atoms with van der Waals surface area (Å²) >= 11 is 0. The van der Waals surface area contributed by atoms with E-state index in [9.17, 15) is 4.79 Å². The molecule has 0 aliphatic carbocycles. The topological polar surface area (TPSA) is 80.3 Å². The molecule has 2 aliphatic heterocycles. The Bertz CT molecular complexity index is 1590. The minimum Gasteiger partial charge on any atom is -0.657 e. The van der Waals surface area contributed by atoms with Crippen LogP contribution in [0.2, 0.25) is 0 Å². The van der Waals surface area contributed by atoms with Crippen molar-refractivity contribution < 1.29 is 29.0 Å². The van der Waals surface area contributed by atoms with Crippen molar-refractivity contribution in [2.75, 3.05) is 7.11 Å². The number of carbonyl (C=O) groups is 1. The summed E-state index contributed by atoms with van der Waals surface area (Å²) in [5, 5.41) is 0. The number of rotatable bonds is 5. The van der Waals surface area contributed by atoms with E-state index in [2.05, 4.69) is 58.9 Å². The number of aromatic nitrogens is 4. The zero-order valence-corrected chi connectivity index (χ0v) is 26.3. The Labute approximate surface area is 237 Å². The number of ether oxygens (including phenoxy) is 1. The van der Waals surface area contributed by atoms with Gasteiger partial charge in [0, 0.05) is 17.8 Å². The molecule has 5 rings (SSSR count). The van der Waals surface area contributed by atoms with Crippen LogP contribution in [-0.2, 0) is 54.7 Å². The maximum atomic E-state index is 11.9. The van der Waals surface area contributed by atoms with E-state index in [1.807, 2.05) is 0 Å². The molecule has 0 fully saturated rings. The van der Waals surface area contributed by atoms with Crippen LogP contribution in [0.3, 0.4) is 0 Å².